The van der Waals surface area contributed by atoms with Crippen LogP contribution in [0.1, 0.15) is 46.4 Å². The lowest BCUT2D eigenvalue weighted by atomic mass is 10.0. The lowest BCUT2D eigenvalue weighted by molar-refractivity contribution is 0.0939. The number of carbonyl (C=O) groups excluding carboxylic acids is 2. The van der Waals surface area contributed by atoms with Gasteiger partial charge in [0.25, 0.3) is 11.8 Å². The van der Waals surface area contributed by atoms with Crippen LogP contribution in [0, 0.1) is 0 Å². The van der Waals surface area contributed by atoms with Crippen LogP contribution in [-0.2, 0) is 0 Å². The van der Waals surface area contributed by atoms with Gasteiger partial charge in [0.05, 0.1) is 23.9 Å². The third kappa shape index (κ3) is 4.09. The highest BCUT2D eigenvalue weighted by atomic mass is 16.5. The predicted molar refractivity (Wildman–Crippen MR) is 115 cm³/mol. The average molecular weight is 388 g/mol. The van der Waals surface area contributed by atoms with Gasteiger partial charge in [-0.25, -0.2) is 0 Å². The van der Waals surface area contributed by atoms with Crippen molar-refractivity contribution in [3.63, 3.8) is 0 Å². The Hall–Kier alpha value is -3.34. The maximum atomic E-state index is 13.0. The first-order valence-corrected chi connectivity index (χ1v) is 9.94. The molecule has 29 heavy (non-hydrogen) atoms. The lowest BCUT2D eigenvalue weighted by Crippen LogP contribution is -2.33. The number of benzene rings is 3. The predicted octanol–water partition coefficient (Wildman–Crippen LogP) is 4.77. The van der Waals surface area contributed by atoms with Crippen LogP contribution in [0.4, 0.5) is 5.69 Å². The van der Waals surface area contributed by atoms with Gasteiger partial charge in [0, 0.05) is 6.04 Å². The first kappa shape index (κ1) is 19.0. The van der Waals surface area contributed by atoms with Gasteiger partial charge in [0.2, 0.25) is 0 Å². The van der Waals surface area contributed by atoms with E-state index in [2.05, 4.69) is 10.6 Å². The summed E-state index contributed by atoms with van der Waals surface area (Å²) in [6.45, 7) is 0. The third-order valence-electron chi connectivity index (χ3n) is 5.42. The number of carbonyl (C=O) groups is 2. The molecule has 0 bridgehead atoms. The number of hydrogen-bond donors (Lipinski definition) is 2. The molecule has 0 saturated heterocycles. The minimum absolute atomic E-state index is 0.154. The molecule has 3 aromatic rings. The second-order valence-corrected chi connectivity index (χ2v) is 7.35. The minimum atomic E-state index is -0.311. The zero-order chi connectivity index (χ0) is 20.2. The van der Waals surface area contributed by atoms with E-state index in [9.17, 15) is 9.59 Å². The molecule has 5 nitrogen and oxygen atoms in total. The Bertz CT molecular complexity index is 1050. The number of para-hydroxylation sites is 1. The van der Waals surface area contributed by atoms with Crippen LogP contribution in [0.3, 0.4) is 0 Å². The molecule has 0 atom stereocenters. The summed E-state index contributed by atoms with van der Waals surface area (Å²) in [5, 5.41) is 7.92. The molecule has 0 aliphatic heterocycles. The molecular formula is C24H24N2O3. The Morgan fingerprint density at radius 3 is 2.24 bits per heavy atom. The van der Waals surface area contributed by atoms with E-state index in [1.165, 1.54) is 0 Å². The largest absolute Gasteiger partial charge is 0.496 e. The van der Waals surface area contributed by atoms with Crippen LogP contribution in [0.5, 0.6) is 5.75 Å². The summed E-state index contributed by atoms with van der Waals surface area (Å²) in [6, 6.07) is 18.8. The van der Waals surface area contributed by atoms with E-state index in [-0.39, 0.29) is 17.9 Å². The highest BCUT2D eigenvalue weighted by molar-refractivity contribution is 6.11. The first-order chi connectivity index (χ1) is 14.2. The average Bonchev–Trinajstić information content (AvgIpc) is 3.26. The van der Waals surface area contributed by atoms with E-state index < -0.39 is 0 Å². The molecule has 0 unspecified atom stereocenters. The summed E-state index contributed by atoms with van der Waals surface area (Å²) in [5.41, 5.74) is 1.38. The molecule has 2 N–H and O–H groups in total. The zero-order valence-corrected chi connectivity index (χ0v) is 16.4. The third-order valence-corrected chi connectivity index (χ3v) is 5.42. The molecule has 0 spiro atoms. The minimum Gasteiger partial charge on any atom is -0.496 e. The number of rotatable bonds is 5. The van der Waals surface area contributed by atoms with Crippen LogP contribution < -0.4 is 15.4 Å². The van der Waals surface area contributed by atoms with Crippen LogP contribution in [0.15, 0.2) is 60.7 Å². The van der Waals surface area contributed by atoms with E-state index in [0.29, 0.717) is 22.6 Å². The van der Waals surface area contributed by atoms with Crippen LogP contribution in [0.25, 0.3) is 10.8 Å². The number of amides is 2. The van der Waals surface area contributed by atoms with Gasteiger partial charge in [-0.05, 0) is 47.9 Å². The van der Waals surface area contributed by atoms with Crippen molar-refractivity contribution in [1.29, 1.82) is 0 Å². The summed E-state index contributed by atoms with van der Waals surface area (Å²) >= 11 is 0. The Balaban J connectivity index is 1.60. The highest BCUT2D eigenvalue weighted by Crippen LogP contribution is 2.27. The number of methoxy groups -OCH3 is 1. The molecular weight excluding hydrogens is 364 g/mol. The van der Waals surface area contributed by atoms with Gasteiger partial charge in [-0.2, -0.15) is 0 Å². The van der Waals surface area contributed by atoms with Crippen LogP contribution in [-0.4, -0.2) is 25.0 Å². The van der Waals surface area contributed by atoms with E-state index in [0.717, 1.165) is 36.5 Å². The molecule has 0 heterocycles. The molecule has 0 aromatic heterocycles. The SMILES string of the molecule is COc1cc2ccccc2cc1C(=O)Nc1ccccc1C(=O)NC1CCCC1. The summed E-state index contributed by atoms with van der Waals surface area (Å²) < 4.78 is 5.44. The van der Waals surface area contributed by atoms with Gasteiger partial charge in [0.15, 0.2) is 0 Å². The van der Waals surface area contributed by atoms with Gasteiger partial charge < -0.3 is 15.4 Å². The fraction of sp³-hybridized carbons (Fsp3) is 0.250. The molecule has 2 amide bonds. The Morgan fingerprint density at radius 2 is 1.52 bits per heavy atom. The molecule has 1 saturated carbocycles. The monoisotopic (exact) mass is 388 g/mol. The van der Waals surface area contributed by atoms with Crippen molar-refractivity contribution in [2.45, 2.75) is 31.7 Å². The second-order valence-electron chi connectivity index (χ2n) is 7.35. The Kier molecular flexibility index (Phi) is 5.47. The molecule has 3 aromatic carbocycles. The maximum Gasteiger partial charge on any atom is 0.259 e. The van der Waals surface area contributed by atoms with Crippen molar-refractivity contribution in [1.82, 2.24) is 5.32 Å². The van der Waals surface area contributed by atoms with Crippen LogP contribution >= 0.6 is 0 Å². The fourth-order valence-electron chi connectivity index (χ4n) is 3.88. The molecule has 1 aliphatic rings. The maximum absolute atomic E-state index is 13.0. The normalized spacial score (nSPS) is 14.0. The van der Waals surface area contributed by atoms with E-state index >= 15 is 0 Å². The Labute approximate surface area is 170 Å². The molecule has 5 heteroatoms. The zero-order valence-electron chi connectivity index (χ0n) is 16.4. The second kappa shape index (κ2) is 8.35. The quantitative estimate of drug-likeness (QED) is 0.661. The number of ether oxygens (including phenoxy) is 1. The van der Waals surface area contributed by atoms with Crippen LogP contribution in [0.2, 0.25) is 0 Å². The smallest absolute Gasteiger partial charge is 0.259 e. The van der Waals surface area contributed by atoms with Crippen molar-refractivity contribution >= 4 is 28.3 Å². The molecule has 1 aliphatic carbocycles. The fourth-order valence-corrected chi connectivity index (χ4v) is 3.88. The number of nitrogens with one attached hydrogen (secondary N) is 2. The lowest BCUT2D eigenvalue weighted by Gasteiger charge is -2.16. The standard InChI is InChI=1S/C24H24N2O3/c1-29-22-15-17-9-3-2-8-16(17)14-20(22)24(28)26-21-13-7-6-12-19(21)23(27)25-18-10-4-5-11-18/h2-3,6-9,12-15,18H,4-5,10-11H2,1H3,(H,25,27)(H,26,28). The van der Waals surface area contributed by atoms with Crippen molar-refractivity contribution in [3.8, 4) is 5.75 Å². The molecule has 0 radical (unpaired) electrons. The van der Waals surface area contributed by atoms with Crippen molar-refractivity contribution in [3.05, 3.63) is 71.8 Å². The first-order valence-electron chi connectivity index (χ1n) is 9.94. The number of hydrogen-bond acceptors (Lipinski definition) is 3. The van der Waals surface area contributed by atoms with Gasteiger partial charge in [0.1, 0.15) is 5.75 Å². The molecule has 4 rings (SSSR count). The van der Waals surface area contributed by atoms with Gasteiger partial charge in [-0.3, -0.25) is 9.59 Å². The summed E-state index contributed by atoms with van der Waals surface area (Å²) in [4.78, 5) is 25.8. The molecule has 1 fully saturated rings. The number of fused-ring (bicyclic) bond motifs is 1. The van der Waals surface area contributed by atoms with Gasteiger partial charge in [-0.1, -0.05) is 49.2 Å². The van der Waals surface area contributed by atoms with Gasteiger partial charge >= 0.3 is 0 Å². The van der Waals surface area contributed by atoms with Crippen molar-refractivity contribution in [2.24, 2.45) is 0 Å². The highest BCUT2D eigenvalue weighted by Gasteiger charge is 2.21. The van der Waals surface area contributed by atoms with Crippen molar-refractivity contribution in [2.75, 3.05) is 12.4 Å². The number of anilines is 1. The van der Waals surface area contributed by atoms with Crippen molar-refractivity contribution < 1.29 is 14.3 Å². The summed E-state index contributed by atoms with van der Waals surface area (Å²) in [7, 11) is 1.55. The summed E-state index contributed by atoms with van der Waals surface area (Å²) in [6.07, 6.45) is 4.30. The van der Waals surface area contributed by atoms with E-state index in [4.69, 9.17) is 4.74 Å². The topological polar surface area (TPSA) is 67.4 Å². The summed E-state index contributed by atoms with van der Waals surface area (Å²) in [5.74, 6) is 0.0288. The molecule has 148 valence electrons. The Morgan fingerprint density at radius 1 is 0.862 bits per heavy atom. The van der Waals surface area contributed by atoms with E-state index in [1.54, 1.807) is 31.4 Å². The van der Waals surface area contributed by atoms with Gasteiger partial charge in [-0.15, -0.1) is 0 Å². The van der Waals surface area contributed by atoms with E-state index in [1.807, 2.05) is 36.4 Å².